The summed E-state index contributed by atoms with van der Waals surface area (Å²) in [6.45, 7) is 0. The molecule has 3 nitrogen and oxygen atoms in total. The zero-order chi connectivity index (χ0) is 18.6. The van der Waals surface area contributed by atoms with Gasteiger partial charge in [0.05, 0.1) is 0 Å². The van der Waals surface area contributed by atoms with Crippen LogP contribution in [0.25, 0.3) is 0 Å². The topological polar surface area (TPSA) is 38.3 Å². The normalized spacial score (nSPS) is 32.5. The van der Waals surface area contributed by atoms with Crippen LogP contribution in [-0.4, -0.2) is 41.7 Å². The highest BCUT2D eigenvalue weighted by Crippen LogP contribution is 2.64. The monoisotopic (exact) mass is 373 g/mol. The molecule has 0 aromatic rings. The Morgan fingerprint density at radius 1 is 0.917 bits per heavy atom. The fourth-order valence-electron chi connectivity index (χ4n) is 2.62. The number of halogens is 9. The summed E-state index contributed by atoms with van der Waals surface area (Å²) in [6, 6.07) is -0.934. The molecule has 0 spiro atoms. The van der Waals surface area contributed by atoms with Crippen molar-refractivity contribution in [1.82, 2.24) is 5.32 Å². The molecule has 1 unspecified atom stereocenters. The van der Waals surface area contributed by atoms with Gasteiger partial charge >= 0.3 is 29.7 Å². The maximum Gasteiger partial charge on any atom is 0.428 e. The quantitative estimate of drug-likeness (QED) is 0.768. The third-order valence-electron chi connectivity index (χ3n) is 4.06. The second-order valence-corrected chi connectivity index (χ2v) is 5.75. The van der Waals surface area contributed by atoms with Crippen LogP contribution in [0.2, 0.25) is 0 Å². The van der Waals surface area contributed by atoms with Crippen molar-refractivity contribution in [1.29, 1.82) is 0 Å². The molecule has 1 saturated heterocycles. The molecule has 24 heavy (non-hydrogen) atoms. The van der Waals surface area contributed by atoms with Crippen LogP contribution in [-0.2, 0) is 9.53 Å². The highest BCUT2D eigenvalue weighted by molar-refractivity contribution is 5.85. The molecule has 12 heteroatoms. The van der Waals surface area contributed by atoms with E-state index in [9.17, 15) is 44.3 Å². The Labute approximate surface area is 129 Å². The van der Waals surface area contributed by atoms with Gasteiger partial charge in [-0.2, -0.15) is 39.5 Å². The van der Waals surface area contributed by atoms with Crippen molar-refractivity contribution in [2.45, 2.75) is 67.9 Å². The van der Waals surface area contributed by atoms with Crippen LogP contribution in [0.4, 0.5) is 39.5 Å². The Bertz CT molecular complexity index is 519. The molecular weight excluding hydrogens is 361 g/mol. The first-order valence-corrected chi connectivity index (χ1v) is 6.92. The van der Waals surface area contributed by atoms with Gasteiger partial charge in [-0.15, -0.1) is 0 Å². The summed E-state index contributed by atoms with van der Waals surface area (Å²) in [5.41, 5.74) is 0. The molecule has 2 rings (SSSR count). The minimum atomic E-state index is -6.64. The van der Waals surface area contributed by atoms with Crippen molar-refractivity contribution in [3.8, 4) is 0 Å². The number of carbonyl (C=O) groups is 1. The van der Waals surface area contributed by atoms with Crippen LogP contribution in [0.5, 0.6) is 0 Å². The standard InChI is InChI=1S/C12H12F9NO2/c13-8(14,7(23)22-6-4-2-1-3-5-6)11(19)9(15,16)10(17,18)12(20,21)24-11/h6H,1-5H2,(H,22,23). The predicted molar refractivity (Wildman–Crippen MR) is 59.7 cm³/mol. The fourth-order valence-corrected chi connectivity index (χ4v) is 2.62. The van der Waals surface area contributed by atoms with Crippen LogP contribution >= 0.6 is 0 Å². The average molecular weight is 373 g/mol. The summed E-state index contributed by atoms with van der Waals surface area (Å²) < 4.78 is 122. The number of nitrogens with one attached hydrogen (secondary N) is 1. The number of amides is 1. The van der Waals surface area contributed by atoms with E-state index in [0.29, 0.717) is 12.8 Å². The van der Waals surface area contributed by atoms with Gasteiger partial charge in [-0.1, -0.05) is 19.3 Å². The molecule has 1 atom stereocenters. The number of hydrogen-bond acceptors (Lipinski definition) is 2. The summed E-state index contributed by atoms with van der Waals surface area (Å²) in [4.78, 5) is 11.4. The summed E-state index contributed by atoms with van der Waals surface area (Å²) in [5, 5.41) is 1.52. The van der Waals surface area contributed by atoms with E-state index in [0.717, 1.165) is 6.42 Å². The summed E-state index contributed by atoms with van der Waals surface area (Å²) >= 11 is 0. The Morgan fingerprint density at radius 3 is 1.83 bits per heavy atom. The molecule has 0 aromatic carbocycles. The van der Waals surface area contributed by atoms with E-state index in [1.54, 1.807) is 0 Å². The summed E-state index contributed by atoms with van der Waals surface area (Å²) in [7, 11) is 0. The predicted octanol–water partition coefficient (Wildman–Crippen LogP) is 3.63. The maximum atomic E-state index is 13.9. The molecule has 0 aromatic heterocycles. The molecule has 1 amide bonds. The zero-order valence-electron chi connectivity index (χ0n) is 11.8. The highest BCUT2D eigenvalue weighted by atomic mass is 19.4. The van der Waals surface area contributed by atoms with E-state index in [1.165, 1.54) is 5.32 Å². The van der Waals surface area contributed by atoms with Gasteiger partial charge in [0.25, 0.3) is 5.91 Å². The number of rotatable bonds is 3. The van der Waals surface area contributed by atoms with Gasteiger partial charge in [0.1, 0.15) is 0 Å². The molecule has 1 aliphatic heterocycles. The third kappa shape index (κ3) is 2.36. The van der Waals surface area contributed by atoms with E-state index in [2.05, 4.69) is 4.74 Å². The van der Waals surface area contributed by atoms with Crippen molar-refractivity contribution >= 4 is 5.91 Å². The second-order valence-electron chi connectivity index (χ2n) is 5.75. The molecule has 2 fully saturated rings. The first-order valence-electron chi connectivity index (χ1n) is 6.92. The minimum absolute atomic E-state index is 0.171. The number of alkyl halides is 9. The fraction of sp³-hybridized carbons (Fsp3) is 0.917. The van der Waals surface area contributed by atoms with Crippen molar-refractivity contribution in [3.05, 3.63) is 0 Å². The van der Waals surface area contributed by atoms with E-state index in [1.807, 2.05) is 0 Å². The Balaban J connectivity index is 2.31. The van der Waals surface area contributed by atoms with Crippen LogP contribution in [0.15, 0.2) is 0 Å². The van der Waals surface area contributed by atoms with Crippen molar-refractivity contribution in [2.75, 3.05) is 0 Å². The molecular formula is C12H12F9NO2. The van der Waals surface area contributed by atoms with Crippen molar-refractivity contribution in [2.24, 2.45) is 0 Å². The molecule has 2 aliphatic rings. The first kappa shape index (κ1) is 19.1. The molecule has 1 aliphatic carbocycles. The van der Waals surface area contributed by atoms with E-state index >= 15 is 0 Å². The maximum absolute atomic E-state index is 13.9. The van der Waals surface area contributed by atoms with Crippen molar-refractivity contribution in [3.63, 3.8) is 0 Å². The molecule has 140 valence electrons. The lowest BCUT2D eigenvalue weighted by Gasteiger charge is -2.33. The molecule has 0 bridgehead atoms. The Morgan fingerprint density at radius 2 is 1.42 bits per heavy atom. The summed E-state index contributed by atoms with van der Waals surface area (Å²) in [5.74, 6) is -28.1. The average Bonchev–Trinajstić information content (AvgIpc) is 2.55. The number of hydrogen-bond donors (Lipinski definition) is 1. The first-order chi connectivity index (χ1) is 10.7. The van der Waals surface area contributed by atoms with Gasteiger partial charge in [0.2, 0.25) is 0 Å². The molecule has 1 saturated carbocycles. The Hall–Kier alpha value is -1.20. The van der Waals surface area contributed by atoms with E-state index < -0.39 is 41.7 Å². The lowest BCUT2D eigenvalue weighted by Crippen LogP contribution is -2.65. The Kier molecular flexibility index (Phi) is 4.30. The third-order valence-corrected chi connectivity index (χ3v) is 4.06. The van der Waals surface area contributed by atoms with Gasteiger partial charge in [-0.3, -0.25) is 9.53 Å². The van der Waals surface area contributed by atoms with Crippen molar-refractivity contribution < 1.29 is 49.0 Å². The zero-order valence-corrected chi connectivity index (χ0v) is 11.8. The van der Waals surface area contributed by atoms with E-state index in [-0.39, 0.29) is 12.8 Å². The molecule has 1 heterocycles. The summed E-state index contributed by atoms with van der Waals surface area (Å²) in [6.07, 6.45) is -4.16. The number of ether oxygens (including phenoxy) is 1. The van der Waals surface area contributed by atoms with Gasteiger partial charge in [0, 0.05) is 6.04 Å². The van der Waals surface area contributed by atoms with Gasteiger partial charge in [0.15, 0.2) is 0 Å². The molecule has 0 radical (unpaired) electrons. The van der Waals surface area contributed by atoms with Crippen LogP contribution < -0.4 is 5.32 Å². The van der Waals surface area contributed by atoms with E-state index in [4.69, 9.17) is 0 Å². The lowest BCUT2D eigenvalue weighted by atomic mass is 9.94. The van der Waals surface area contributed by atoms with Crippen LogP contribution in [0.1, 0.15) is 32.1 Å². The minimum Gasteiger partial charge on any atom is -0.348 e. The van der Waals surface area contributed by atoms with Gasteiger partial charge in [-0.05, 0) is 12.8 Å². The van der Waals surface area contributed by atoms with Crippen LogP contribution in [0.3, 0.4) is 0 Å². The second kappa shape index (κ2) is 5.40. The largest absolute Gasteiger partial charge is 0.428 e. The van der Waals surface area contributed by atoms with Gasteiger partial charge < -0.3 is 5.32 Å². The smallest absolute Gasteiger partial charge is 0.348 e. The molecule has 1 N–H and O–H groups in total. The lowest BCUT2D eigenvalue weighted by molar-refractivity contribution is -0.367. The number of carbonyl (C=O) groups excluding carboxylic acids is 1. The highest BCUT2D eigenvalue weighted by Gasteiger charge is 2.96. The van der Waals surface area contributed by atoms with Crippen LogP contribution in [0, 0.1) is 0 Å². The van der Waals surface area contributed by atoms with Gasteiger partial charge in [-0.25, -0.2) is 0 Å². The SMILES string of the molecule is O=C(NC1CCCCC1)C(F)(F)C1(F)OC(F)(F)C(F)(F)C1(F)F.